The van der Waals surface area contributed by atoms with Gasteiger partial charge in [0.2, 0.25) is 5.88 Å². The molecule has 0 saturated heterocycles. The lowest BCUT2D eigenvalue weighted by Crippen LogP contribution is -2.21. The van der Waals surface area contributed by atoms with Crippen LogP contribution in [-0.4, -0.2) is 19.2 Å². The predicted octanol–water partition coefficient (Wildman–Crippen LogP) is 6.86. The van der Waals surface area contributed by atoms with Gasteiger partial charge in [-0.1, -0.05) is 56.9 Å². The molecule has 0 aliphatic carbocycles. The molecule has 0 radical (unpaired) electrons. The van der Waals surface area contributed by atoms with Gasteiger partial charge in [-0.15, -0.1) is 0 Å². The third-order valence-electron chi connectivity index (χ3n) is 6.70. The van der Waals surface area contributed by atoms with Crippen LogP contribution in [0, 0.1) is 25.2 Å². The van der Waals surface area contributed by atoms with Gasteiger partial charge in [-0.05, 0) is 67.3 Å². The van der Waals surface area contributed by atoms with Crippen LogP contribution in [0.1, 0.15) is 67.2 Å². The number of esters is 1. The zero-order valence-corrected chi connectivity index (χ0v) is 23.4. The maximum absolute atomic E-state index is 12.5. The summed E-state index contributed by atoms with van der Waals surface area (Å²) in [7, 11) is 0. The van der Waals surface area contributed by atoms with Gasteiger partial charge >= 0.3 is 5.97 Å². The van der Waals surface area contributed by atoms with Gasteiger partial charge in [-0.2, -0.15) is 5.26 Å². The summed E-state index contributed by atoms with van der Waals surface area (Å²) in [4.78, 5) is 12.5. The molecule has 0 fully saturated rings. The fourth-order valence-electron chi connectivity index (χ4n) is 4.81. The van der Waals surface area contributed by atoms with Crippen molar-refractivity contribution in [2.24, 2.45) is 5.73 Å². The van der Waals surface area contributed by atoms with E-state index < -0.39 is 11.9 Å². The number of hydrogen-bond acceptors (Lipinski definition) is 7. The van der Waals surface area contributed by atoms with Gasteiger partial charge in [0.25, 0.3) is 0 Å². The van der Waals surface area contributed by atoms with Crippen LogP contribution in [0.4, 0.5) is 0 Å². The van der Waals surface area contributed by atoms with Crippen molar-refractivity contribution in [3.8, 4) is 29.1 Å². The molecule has 1 heterocycles. The van der Waals surface area contributed by atoms with E-state index in [1.807, 2.05) is 56.3 Å². The van der Waals surface area contributed by atoms with Crippen molar-refractivity contribution in [1.82, 2.24) is 0 Å². The Morgan fingerprint density at radius 1 is 0.900 bits per heavy atom. The van der Waals surface area contributed by atoms with Crippen molar-refractivity contribution < 1.29 is 23.7 Å². The number of allylic oxidation sites excluding steroid dienone is 1. The van der Waals surface area contributed by atoms with E-state index in [1.165, 1.54) is 19.3 Å². The predicted molar refractivity (Wildman–Crippen MR) is 153 cm³/mol. The maximum atomic E-state index is 12.5. The summed E-state index contributed by atoms with van der Waals surface area (Å²) in [6.45, 7) is 6.58. The number of aryl methyl sites for hydroxylation is 2. The summed E-state index contributed by atoms with van der Waals surface area (Å²) in [5.74, 6) is 1.16. The number of unbranched alkanes of at least 4 members (excludes halogenated alkanes) is 4. The molecule has 1 atom stereocenters. The largest absolute Gasteiger partial charge is 0.494 e. The number of carbonyl (C=O) groups excluding carboxylic acids is 1. The van der Waals surface area contributed by atoms with Gasteiger partial charge in [0.05, 0.1) is 12.5 Å². The molecule has 208 valence electrons. The molecule has 1 aliphatic rings. The van der Waals surface area contributed by atoms with E-state index in [0.29, 0.717) is 29.4 Å². The highest BCUT2D eigenvalue weighted by Gasteiger charge is 2.31. The van der Waals surface area contributed by atoms with Gasteiger partial charge < -0.3 is 24.7 Å². The Kier molecular flexibility index (Phi) is 9.69. The number of rotatable bonds is 12. The first-order chi connectivity index (χ1) is 19.4. The van der Waals surface area contributed by atoms with Crippen LogP contribution < -0.4 is 24.7 Å². The van der Waals surface area contributed by atoms with Gasteiger partial charge in [0, 0.05) is 11.6 Å². The van der Waals surface area contributed by atoms with Crippen molar-refractivity contribution in [3.63, 3.8) is 0 Å². The maximum Gasteiger partial charge on any atom is 0.349 e. The number of nitrogens with zero attached hydrogens (tertiary/aromatic N) is 1. The molecule has 1 unspecified atom stereocenters. The van der Waals surface area contributed by atoms with E-state index in [1.54, 1.807) is 18.2 Å². The Morgan fingerprint density at radius 2 is 1.60 bits per heavy atom. The topological polar surface area (TPSA) is 104 Å². The Balaban J connectivity index is 1.43. The van der Waals surface area contributed by atoms with Crippen molar-refractivity contribution >= 4 is 5.97 Å². The Hall–Kier alpha value is -4.44. The number of nitriles is 1. The summed E-state index contributed by atoms with van der Waals surface area (Å²) >= 11 is 0. The van der Waals surface area contributed by atoms with E-state index >= 15 is 0 Å². The van der Waals surface area contributed by atoms with Gasteiger partial charge in [0.15, 0.2) is 6.61 Å². The quantitative estimate of drug-likeness (QED) is 0.152. The van der Waals surface area contributed by atoms with Gasteiger partial charge in [-0.3, -0.25) is 0 Å². The molecule has 2 N–H and O–H groups in total. The van der Waals surface area contributed by atoms with Crippen molar-refractivity contribution in [1.29, 1.82) is 5.26 Å². The number of fused-ring (bicyclic) bond motifs is 1. The lowest BCUT2D eigenvalue weighted by molar-refractivity contribution is -0.136. The Labute approximate surface area is 236 Å². The fourth-order valence-corrected chi connectivity index (χ4v) is 4.81. The first-order valence-electron chi connectivity index (χ1n) is 13.7. The van der Waals surface area contributed by atoms with Crippen molar-refractivity contribution in [3.05, 3.63) is 94.4 Å². The average Bonchev–Trinajstić information content (AvgIpc) is 2.93. The highest BCUT2D eigenvalue weighted by molar-refractivity contribution is 5.74. The average molecular weight is 541 g/mol. The number of hydrogen-bond donors (Lipinski definition) is 1. The molecular formula is C33H36N2O5. The molecule has 0 amide bonds. The molecule has 4 rings (SSSR count). The molecule has 7 heteroatoms. The summed E-state index contributed by atoms with van der Waals surface area (Å²) in [6.07, 6.45) is 5.89. The van der Waals surface area contributed by atoms with Gasteiger partial charge in [0.1, 0.15) is 34.6 Å². The normalized spacial score (nSPS) is 14.1. The van der Waals surface area contributed by atoms with Crippen LogP contribution in [0.15, 0.2) is 72.1 Å². The summed E-state index contributed by atoms with van der Waals surface area (Å²) in [5, 5.41) is 9.86. The molecule has 40 heavy (non-hydrogen) atoms. The highest BCUT2D eigenvalue weighted by Crippen LogP contribution is 2.43. The van der Waals surface area contributed by atoms with Crippen LogP contribution in [0.2, 0.25) is 0 Å². The smallest absolute Gasteiger partial charge is 0.349 e. The van der Waals surface area contributed by atoms with Gasteiger partial charge in [-0.25, -0.2) is 4.79 Å². The molecule has 3 aromatic carbocycles. The van der Waals surface area contributed by atoms with E-state index in [4.69, 9.17) is 24.7 Å². The second-order valence-electron chi connectivity index (χ2n) is 10.0. The molecule has 1 aliphatic heterocycles. The monoisotopic (exact) mass is 540 g/mol. The van der Waals surface area contributed by atoms with E-state index in [2.05, 4.69) is 13.0 Å². The molecule has 0 aromatic heterocycles. The first kappa shape index (κ1) is 28.6. The van der Waals surface area contributed by atoms with E-state index in [0.717, 1.165) is 40.8 Å². The SMILES string of the molecule is CCCCCCCOc1ccc(C2C(C#N)=C(N)Oc3cc(OC(=O)COc4cc(C)cc(C)c4)ccc32)cc1. The molecule has 0 saturated carbocycles. The molecule has 0 spiro atoms. The third-order valence-corrected chi connectivity index (χ3v) is 6.70. The standard InChI is InChI=1S/C33H36N2O5/c1-4-5-6-7-8-15-37-25-11-9-24(10-12-25)32-28-14-13-26(19-30(28)40-33(35)29(32)20-34)39-31(36)21-38-27-17-22(2)16-23(3)18-27/h9-14,16-19,32H,4-8,15,21,35H2,1-3H3. The zero-order valence-electron chi connectivity index (χ0n) is 23.4. The number of benzene rings is 3. The molecule has 0 bridgehead atoms. The second-order valence-corrected chi connectivity index (χ2v) is 10.0. The third kappa shape index (κ3) is 7.35. The summed E-state index contributed by atoms with van der Waals surface area (Å²) < 4.78 is 22.8. The molecule has 3 aromatic rings. The minimum atomic E-state index is -0.548. The second kappa shape index (κ2) is 13.6. The van der Waals surface area contributed by atoms with Crippen molar-refractivity contribution in [2.75, 3.05) is 13.2 Å². The van der Waals surface area contributed by atoms with Crippen LogP contribution in [-0.2, 0) is 4.79 Å². The number of carbonyl (C=O) groups is 1. The zero-order chi connectivity index (χ0) is 28.5. The Morgan fingerprint density at radius 3 is 2.30 bits per heavy atom. The lowest BCUT2D eigenvalue weighted by atomic mass is 9.83. The van der Waals surface area contributed by atoms with Crippen LogP contribution in [0.3, 0.4) is 0 Å². The number of ether oxygens (including phenoxy) is 4. The van der Waals surface area contributed by atoms with Crippen LogP contribution in [0.25, 0.3) is 0 Å². The fraction of sp³-hybridized carbons (Fsp3) is 0.333. The van der Waals surface area contributed by atoms with Crippen LogP contribution in [0.5, 0.6) is 23.0 Å². The minimum absolute atomic E-state index is 0.0223. The summed E-state index contributed by atoms with van der Waals surface area (Å²) in [5.41, 5.74) is 10.2. The molecular weight excluding hydrogens is 504 g/mol. The number of nitrogens with two attached hydrogens (primary N) is 1. The Bertz CT molecular complexity index is 1390. The van der Waals surface area contributed by atoms with Crippen LogP contribution >= 0.6 is 0 Å². The van der Waals surface area contributed by atoms with Crippen molar-refractivity contribution in [2.45, 2.75) is 58.8 Å². The van der Waals surface area contributed by atoms with E-state index in [9.17, 15) is 10.1 Å². The molecule has 7 nitrogen and oxygen atoms in total. The first-order valence-corrected chi connectivity index (χ1v) is 13.7. The highest BCUT2D eigenvalue weighted by atomic mass is 16.6. The van der Waals surface area contributed by atoms with E-state index in [-0.39, 0.29) is 12.5 Å². The lowest BCUT2D eigenvalue weighted by Gasteiger charge is -2.26. The minimum Gasteiger partial charge on any atom is -0.494 e. The summed E-state index contributed by atoms with van der Waals surface area (Å²) in [6, 6.07) is 20.7.